The number of amides is 1. The lowest BCUT2D eigenvalue weighted by Crippen LogP contribution is -2.28. The molecule has 1 aliphatic rings. The number of hydrogen-bond donors (Lipinski definition) is 2. The third-order valence-corrected chi connectivity index (χ3v) is 5.30. The number of nitrogens with zero attached hydrogens (tertiary/aromatic N) is 3. The first-order valence-electron chi connectivity index (χ1n) is 7.58. The summed E-state index contributed by atoms with van der Waals surface area (Å²) >= 11 is 0. The molecule has 128 valence electrons. The van der Waals surface area contributed by atoms with E-state index in [0.29, 0.717) is 18.8 Å². The van der Waals surface area contributed by atoms with Crippen molar-refractivity contribution in [2.24, 2.45) is 0 Å². The molecule has 1 amide bonds. The van der Waals surface area contributed by atoms with E-state index in [0.717, 1.165) is 13.0 Å². The summed E-state index contributed by atoms with van der Waals surface area (Å²) in [5.41, 5.74) is 0.249. The number of nitrogens with one attached hydrogen (secondary N) is 2. The fourth-order valence-corrected chi connectivity index (χ4v) is 4.00. The highest BCUT2D eigenvalue weighted by Crippen LogP contribution is 2.15. The Hall–Kier alpha value is -1.74. The van der Waals surface area contributed by atoms with Crippen molar-refractivity contribution >= 4 is 21.6 Å². The Balaban J connectivity index is 1.81. The van der Waals surface area contributed by atoms with Crippen LogP contribution in [-0.4, -0.2) is 73.9 Å². The van der Waals surface area contributed by atoms with E-state index in [4.69, 9.17) is 0 Å². The molecule has 0 saturated carbocycles. The number of aromatic nitrogens is 2. The minimum Gasteiger partial charge on any atom is -0.365 e. The highest BCUT2D eigenvalue weighted by molar-refractivity contribution is 7.91. The van der Waals surface area contributed by atoms with Crippen LogP contribution < -0.4 is 10.6 Å². The summed E-state index contributed by atoms with van der Waals surface area (Å²) in [6.45, 7) is 1.48. The number of hydrogen-bond acceptors (Lipinski definition) is 7. The van der Waals surface area contributed by atoms with E-state index < -0.39 is 9.84 Å². The van der Waals surface area contributed by atoms with Gasteiger partial charge in [-0.25, -0.2) is 18.4 Å². The molecule has 1 aromatic rings. The van der Waals surface area contributed by atoms with Gasteiger partial charge in [0, 0.05) is 12.6 Å². The van der Waals surface area contributed by atoms with Gasteiger partial charge in [-0.15, -0.1) is 0 Å². The van der Waals surface area contributed by atoms with Crippen LogP contribution in [0.4, 0.5) is 5.82 Å². The van der Waals surface area contributed by atoms with Crippen LogP contribution >= 0.6 is 0 Å². The largest absolute Gasteiger partial charge is 0.365 e. The normalized spacial score (nSPS) is 19.7. The van der Waals surface area contributed by atoms with Gasteiger partial charge in [0.15, 0.2) is 9.84 Å². The van der Waals surface area contributed by atoms with Crippen LogP contribution in [0.5, 0.6) is 0 Å². The van der Waals surface area contributed by atoms with E-state index in [-0.39, 0.29) is 29.1 Å². The molecule has 8 nitrogen and oxygen atoms in total. The van der Waals surface area contributed by atoms with Gasteiger partial charge in [-0.1, -0.05) is 0 Å². The van der Waals surface area contributed by atoms with Crippen molar-refractivity contribution in [1.82, 2.24) is 20.2 Å². The number of rotatable bonds is 7. The Kier molecular flexibility index (Phi) is 5.89. The fraction of sp³-hybridized carbons (Fsp3) is 0.643. The first-order valence-corrected chi connectivity index (χ1v) is 9.40. The molecule has 0 aliphatic carbocycles. The van der Waals surface area contributed by atoms with Gasteiger partial charge < -0.3 is 15.5 Å². The first-order chi connectivity index (χ1) is 10.9. The standard InChI is InChI=1S/C14H23N5O3S/c1-19(2)6-3-5-15-14(20)12-8-17-13(9-16-12)18-11-4-7-23(21,22)10-11/h8-9,11H,3-7,10H2,1-2H3,(H,15,20)(H,17,18). The van der Waals surface area contributed by atoms with Crippen LogP contribution in [0.3, 0.4) is 0 Å². The van der Waals surface area contributed by atoms with E-state index in [1.54, 1.807) is 0 Å². The molecule has 1 unspecified atom stereocenters. The number of carbonyl (C=O) groups excluding carboxylic acids is 1. The van der Waals surface area contributed by atoms with Crippen LogP contribution in [0.15, 0.2) is 12.4 Å². The summed E-state index contributed by atoms with van der Waals surface area (Å²) in [5.74, 6) is 0.538. The molecule has 2 rings (SSSR count). The van der Waals surface area contributed by atoms with Crippen LogP contribution in [-0.2, 0) is 9.84 Å². The maximum atomic E-state index is 11.9. The van der Waals surface area contributed by atoms with Crippen LogP contribution in [0.1, 0.15) is 23.3 Å². The number of anilines is 1. The van der Waals surface area contributed by atoms with Crippen molar-refractivity contribution in [3.63, 3.8) is 0 Å². The average Bonchev–Trinajstić information content (AvgIpc) is 2.83. The molecule has 1 aliphatic heterocycles. The van der Waals surface area contributed by atoms with Crippen molar-refractivity contribution < 1.29 is 13.2 Å². The van der Waals surface area contributed by atoms with Gasteiger partial charge in [-0.05, 0) is 33.5 Å². The Morgan fingerprint density at radius 2 is 2.13 bits per heavy atom. The van der Waals surface area contributed by atoms with Crippen LogP contribution in [0, 0.1) is 0 Å². The zero-order valence-corrected chi connectivity index (χ0v) is 14.3. The van der Waals surface area contributed by atoms with E-state index in [2.05, 4.69) is 25.5 Å². The monoisotopic (exact) mass is 341 g/mol. The average molecular weight is 341 g/mol. The Morgan fingerprint density at radius 3 is 2.70 bits per heavy atom. The Bertz CT molecular complexity index is 630. The van der Waals surface area contributed by atoms with E-state index in [1.165, 1.54) is 12.4 Å². The lowest BCUT2D eigenvalue weighted by atomic mass is 10.3. The fourth-order valence-electron chi connectivity index (χ4n) is 2.33. The number of sulfone groups is 1. The van der Waals surface area contributed by atoms with Crippen molar-refractivity contribution in [3.8, 4) is 0 Å². The molecule has 1 atom stereocenters. The molecule has 0 aromatic carbocycles. The molecular formula is C14H23N5O3S. The predicted molar refractivity (Wildman–Crippen MR) is 88.2 cm³/mol. The van der Waals surface area contributed by atoms with Gasteiger partial charge in [0.25, 0.3) is 5.91 Å². The van der Waals surface area contributed by atoms with Crippen molar-refractivity contribution in [2.45, 2.75) is 18.9 Å². The van der Waals surface area contributed by atoms with Crippen LogP contribution in [0.2, 0.25) is 0 Å². The minimum atomic E-state index is -2.93. The highest BCUT2D eigenvalue weighted by atomic mass is 32.2. The number of carbonyl (C=O) groups is 1. The summed E-state index contributed by atoms with van der Waals surface area (Å²) < 4.78 is 22.8. The summed E-state index contributed by atoms with van der Waals surface area (Å²) in [5, 5.41) is 5.83. The molecule has 1 fully saturated rings. The molecule has 9 heteroatoms. The second kappa shape index (κ2) is 7.69. The third kappa shape index (κ3) is 5.76. The maximum absolute atomic E-state index is 11.9. The topological polar surface area (TPSA) is 104 Å². The van der Waals surface area contributed by atoms with Gasteiger partial charge in [0.1, 0.15) is 11.5 Å². The molecule has 23 heavy (non-hydrogen) atoms. The lowest BCUT2D eigenvalue weighted by molar-refractivity contribution is 0.0947. The second-order valence-corrected chi connectivity index (χ2v) is 8.17. The molecule has 0 bridgehead atoms. The van der Waals surface area contributed by atoms with Crippen molar-refractivity contribution in [1.29, 1.82) is 0 Å². The van der Waals surface area contributed by atoms with Gasteiger partial charge in [-0.3, -0.25) is 4.79 Å². The lowest BCUT2D eigenvalue weighted by Gasteiger charge is -2.11. The van der Waals surface area contributed by atoms with E-state index in [1.807, 2.05) is 14.1 Å². The molecule has 1 saturated heterocycles. The van der Waals surface area contributed by atoms with Gasteiger partial charge in [-0.2, -0.15) is 0 Å². The van der Waals surface area contributed by atoms with Gasteiger partial charge in [0.2, 0.25) is 0 Å². The molecule has 0 radical (unpaired) electrons. The summed E-state index contributed by atoms with van der Waals surface area (Å²) in [6, 6.07) is -0.139. The molecule has 2 N–H and O–H groups in total. The molecule has 1 aromatic heterocycles. The zero-order chi connectivity index (χ0) is 16.9. The van der Waals surface area contributed by atoms with Crippen molar-refractivity contribution in [2.75, 3.05) is 44.0 Å². The van der Waals surface area contributed by atoms with Crippen LogP contribution in [0.25, 0.3) is 0 Å². The SMILES string of the molecule is CN(C)CCCNC(=O)c1cnc(NC2CCS(=O)(=O)C2)cn1. The van der Waals surface area contributed by atoms with E-state index >= 15 is 0 Å². The highest BCUT2D eigenvalue weighted by Gasteiger charge is 2.27. The predicted octanol–water partition coefficient (Wildman–Crippen LogP) is -0.243. The summed E-state index contributed by atoms with van der Waals surface area (Å²) in [6.07, 6.45) is 4.28. The Morgan fingerprint density at radius 1 is 1.35 bits per heavy atom. The smallest absolute Gasteiger partial charge is 0.271 e. The Labute approximate surface area is 136 Å². The zero-order valence-electron chi connectivity index (χ0n) is 13.4. The molecular weight excluding hydrogens is 318 g/mol. The maximum Gasteiger partial charge on any atom is 0.271 e. The summed E-state index contributed by atoms with van der Waals surface area (Å²) in [4.78, 5) is 22.2. The van der Waals surface area contributed by atoms with Crippen molar-refractivity contribution in [3.05, 3.63) is 18.1 Å². The summed E-state index contributed by atoms with van der Waals surface area (Å²) in [7, 11) is 1.03. The first kappa shape index (κ1) is 17.6. The van der Waals surface area contributed by atoms with Gasteiger partial charge in [0.05, 0.1) is 23.9 Å². The van der Waals surface area contributed by atoms with E-state index in [9.17, 15) is 13.2 Å². The quantitative estimate of drug-likeness (QED) is 0.659. The molecule has 2 heterocycles. The second-order valence-electron chi connectivity index (χ2n) is 5.94. The molecule has 0 spiro atoms. The van der Waals surface area contributed by atoms with Gasteiger partial charge >= 0.3 is 0 Å². The third-order valence-electron chi connectivity index (χ3n) is 3.54. The minimum absolute atomic E-state index is 0.114.